The summed E-state index contributed by atoms with van der Waals surface area (Å²) in [5, 5.41) is 10.1. The Bertz CT molecular complexity index is 640. The number of amides is 1. The van der Waals surface area contributed by atoms with E-state index in [1.165, 1.54) is 27.4 Å². The van der Waals surface area contributed by atoms with E-state index in [-0.39, 0.29) is 36.1 Å². The largest absolute Gasteiger partial charge is 0.507 e. The monoisotopic (exact) mass is 332 g/mol. The van der Waals surface area contributed by atoms with Crippen LogP contribution in [-0.2, 0) is 10.0 Å². The average molecular weight is 333 g/mol. The van der Waals surface area contributed by atoms with Gasteiger partial charge in [0, 0.05) is 31.2 Å². The summed E-state index contributed by atoms with van der Waals surface area (Å²) in [7, 11) is -3.23. The minimum atomic E-state index is -3.23. The summed E-state index contributed by atoms with van der Waals surface area (Å²) in [6, 6.07) is 4.28. The van der Waals surface area contributed by atoms with Crippen molar-refractivity contribution >= 4 is 27.5 Å². The van der Waals surface area contributed by atoms with E-state index >= 15 is 0 Å². The maximum absolute atomic E-state index is 12.3. The smallest absolute Gasteiger partial charge is 0.257 e. The second-order valence-corrected chi connectivity index (χ2v) is 7.45. The van der Waals surface area contributed by atoms with Crippen molar-refractivity contribution in [1.82, 2.24) is 9.21 Å². The molecule has 116 valence electrons. The van der Waals surface area contributed by atoms with E-state index in [1.807, 2.05) is 0 Å². The van der Waals surface area contributed by atoms with Crippen LogP contribution in [0.5, 0.6) is 5.75 Å². The summed E-state index contributed by atoms with van der Waals surface area (Å²) in [5.41, 5.74) is 0.134. The highest BCUT2D eigenvalue weighted by Gasteiger charge is 2.28. The summed E-state index contributed by atoms with van der Waals surface area (Å²) < 4.78 is 24.9. The molecule has 1 aliphatic heterocycles. The standard InChI is InChI=1S/C13H17ClN2O4S/c1-2-21(19,20)16-7-5-15(6-8-16)13(18)11-9-10(14)3-4-12(11)17/h3-4,9,17H,2,5-8H2,1H3. The number of hydrogen-bond acceptors (Lipinski definition) is 4. The van der Waals surface area contributed by atoms with Gasteiger partial charge in [0.05, 0.1) is 11.3 Å². The van der Waals surface area contributed by atoms with Gasteiger partial charge in [0.2, 0.25) is 10.0 Å². The zero-order valence-corrected chi connectivity index (χ0v) is 13.2. The topological polar surface area (TPSA) is 77.9 Å². The molecule has 6 nitrogen and oxygen atoms in total. The second kappa shape index (κ2) is 6.21. The van der Waals surface area contributed by atoms with Crippen molar-refractivity contribution in [2.24, 2.45) is 0 Å². The molecule has 0 saturated carbocycles. The number of aromatic hydroxyl groups is 1. The van der Waals surface area contributed by atoms with Crippen LogP contribution in [0.3, 0.4) is 0 Å². The van der Waals surface area contributed by atoms with Crippen LogP contribution in [0.4, 0.5) is 0 Å². The molecule has 1 aliphatic rings. The summed E-state index contributed by atoms with van der Waals surface area (Å²) in [5.74, 6) is -0.424. The van der Waals surface area contributed by atoms with Gasteiger partial charge in [-0.1, -0.05) is 11.6 Å². The first-order chi connectivity index (χ1) is 9.85. The van der Waals surface area contributed by atoms with Gasteiger partial charge in [-0.25, -0.2) is 8.42 Å². The molecule has 1 N–H and O–H groups in total. The van der Waals surface area contributed by atoms with Gasteiger partial charge in [-0.15, -0.1) is 0 Å². The number of benzene rings is 1. The van der Waals surface area contributed by atoms with Gasteiger partial charge in [-0.2, -0.15) is 4.31 Å². The van der Waals surface area contributed by atoms with Gasteiger partial charge in [0.25, 0.3) is 5.91 Å². The quantitative estimate of drug-likeness (QED) is 0.900. The molecule has 0 atom stereocenters. The fraction of sp³-hybridized carbons (Fsp3) is 0.462. The SMILES string of the molecule is CCS(=O)(=O)N1CCN(C(=O)c2cc(Cl)ccc2O)CC1. The summed E-state index contributed by atoms with van der Waals surface area (Å²) in [4.78, 5) is 13.9. The average Bonchev–Trinajstić information content (AvgIpc) is 2.49. The van der Waals surface area contributed by atoms with Crippen LogP contribution in [0.1, 0.15) is 17.3 Å². The van der Waals surface area contributed by atoms with Crippen molar-refractivity contribution in [3.8, 4) is 5.75 Å². The summed E-state index contributed by atoms with van der Waals surface area (Å²) in [6.07, 6.45) is 0. The molecule has 2 rings (SSSR count). The van der Waals surface area contributed by atoms with Crippen LogP contribution in [0.25, 0.3) is 0 Å². The molecule has 21 heavy (non-hydrogen) atoms. The first kappa shape index (κ1) is 16.1. The van der Waals surface area contributed by atoms with E-state index in [0.717, 1.165) is 0 Å². The lowest BCUT2D eigenvalue weighted by Gasteiger charge is -2.34. The van der Waals surface area contributed by atoms with Gasteiger partial charge in [0.1, 0.15) is 5.75 Å². The Kier molecular flexibility index (Phi) is 4.75. The Morgan fingerprint density at radius 3 is 2.48 bits per heavy atom. The van der Waals surface area contributed by atoms with E-state index in [4.69, 9.17) is 11.6 Å². The fourth-order valence-electron chi connectivity index (χ4n) is 2.20. The van der Waals surface area contributed by atoms with Gasteiger partial charge >= 0.3 is 0 Å². The van der Waals surface area contributed by atoms with E-state index < -0.39 is 10.0 Å². The highest BCUT2D eigenvalue weighted by molar-refractivity contribution is 7.89. The van der Waals surface area contributed by atoms with Crippen LogP contribution < -0.4 is 0 Å². The van der Waals surface area contributed by atoms with Crippen molar-refractivity contribution in [3.05, 3.63) is 28.8 Å². The molecule has 0 aliphatic carbocycles. The minimum absolute atomic E-state index is 0.0516. The number of rotatable bonds is 3. The Labute approximate surface area is 129 Å². The van der Waals surface area contributed by atoms with Crippen molar-refractivity contribution in [1.29, 1.82) is 0 Å². The van der Waals surface area contributed by atoms with Gasteiger partial charge in [0.15, 0.2) is 0 Å². The Balaban J connectivity index is 2.09. The van der Waals surface area contributed by atoms with Crippen molar-refractivity contribution in [3.63, 3.8) is 0 Å². The van der Waals surface area contributed by atoms with Gasteiger partial charge in [-0.05, 0) is 25.1 Å². The van der Waals surface area contributed by atoms with Gasteiger partial charge < -0.3 is 10.0 Å². The van der Waals surface area contributed by atoms with E-state index in [1.54, 1.807) is 6.92 Å². The highest BCUT2D eigenvalue weighted by Crippen LogP contribution is 2.23. The molecule has 0 bridgehead atoms. The van der Waals surface area contributed by atoms with Crippen molar-refractivity contribution in [2.75, 3.05) is 31.9 Å². The molecular formula is C13H17ClN2O4S. The number of hydrogen-bond donors (Lipinski definition) is 1. The van der Waals surface area contributed by atoms with E-state index in [0.29, 0.717) is 18.1 Å². The molecule has 0 aromatic heterocycles. The lowest BCUT2D eigenvalue weighted by Crippen LogP contribution is -2.50. The molecule has 0 unspecified atom stereocenters. The molecule has 1 amide bonds. The molecule has 1 saturated heterocycles. The maximum Gasteiger partial charge on any atom is 0.257 e. The van der Waals surface area contributed by atoms with Gasteiger partial charge in [-0.3, -0.25) is 4.79 Å². The molecule has 1 aromatic carbocycles. The van der Waals surface area contributed by atoms with Crippen LogP contribution in [0.2, 0.25) is 5.02 Å². The molecule has 1 fully saturated rings. The number of carbonyl (C=O) groups excluding carboxylic acids is 1. The number of sulfonamides is 1. The molecule has 0 spiro atoms. The maximum atomic E-state index is 12.3. The third-order valence-corrected chi connectivity index (χ3v) is 5.59. The van der Waals surface area contributed by atoms with Crippen LogP contribution in [0, 0.1) is 0 Å². The zero-order valence-electron chi connectivity index (χ0n) is 11.6. The number of halogens is 1. The summed E-state index contributed by atoms with van der Waals surface area (Å²) >= 11 is 5.83. The molecule has 1 aromatic rings. The lowest BCUT2D eigenvalue weighted by atomic mass is 10.1. The number of carbonyl (C=O) groups is 1. The van der Waals surface area contributed by atoms with Crippen molar-refractivity contribution < 1.29 is 18.3 Å². The first-order valence-electron chi connectivity index (χ1n) is 6.60. The Morgan fingerprint density at radius 1 is 1.29 bits per heavy atom. The van der Waals surface area contributed by atoms with Crippen LogP contribution >= 0.6 is 11.6 Å². The fourth-order valence-corrected chi connectivity index (χ4v) is 3.46. The zero-order chi connectivity index (χ0) is 15.6. The molecule has 1 heterocycles. The number of piperazine rings is 1. The Hall–Kier alpha value is -1.31. The molecular weight excluding hydrogens is 316 g/mol. The van der Waals surface area contributed by atoms with E-state index in [2.05, 4.69) is 0 Å². The van der Waals surface area contributed by atoms with Crippen LogP contribution in [0.15, 0.2) is 18.2 Å². The predicted octanol–water partition coefficient (Wildman–Crippen LogP) is 1.15. The number of nitrogens with zero attached hydrogens (tertiary/aromatic N) is 2. The van der Waals surface area contributed by atoms with E-state index in [9.17, 15) is 18.3 Å². The molecule has 8 heteroatoms. The Morgan fingerprint density at radius 2 is 1.90 bits per heavy atom. The lowest BCUT2D eigenvalue weighted by molar-refractivity contribution is 0.0695. The van der Waals surface area contributed by atoms with Crippen LogP contribution in [-0.4, -0.2) is 60.6 Å². The van der Waals surface area contributed by atoms with Crippen molar-refractivity contribution in [2.45, 2.75) is 6.92 Å². The predicted molar refractivity (Wildman–Crippen MR) is 80.1 cm³/mol. The highest BCUT2D eigenvalue weighted by atomic mass is 35.5. The third-order valence-electron chi connectivity index (χ3n) is 3.47. The minimum Gasteiger partial charge on any atom is -0.507 e. The number of phenolic OH excluding ortho intramolecular Hbond substituents is 1. The third kappa shape index (κ3) is 3.48. The number of phenols is 1. The normalized spacial score (nSPS) is 17.0. The first-order valence-corrected chi connectivity index (χ1v) is 8.59. The summed E-state index contributed by atoms with van der Waals surface area (Å²) in [6.45, 7) is 2.72. The molecule has 0 radical (unpaired) electrons. The second-order valence-electron chi connectivity index (χ2n) is 4.75.